The third-order valence-corrected chi connectivity index (χ3v) is 5.11. The van der Waals surface area contributed by atoms with Crippen LogP contribution in [0, 0.1) is 0 Å². The van der Waals surface area contributed by atoms with Crippen molar-refractivity contribution >= 4 is 27.7 Å². The molecular formula is C26H21F3O6. The van der Waals surface area contributed by atoms with Crippen LogP contribution in [0.4, 0.5) is 13.2 Å². The molecule has 0 bridgehead atoms. The average molecular weight is 486 g/mol. The molecule has 0 N–H and O–H groups in total. The first-order valence-corrected chi connectivity index (χ1v) is 10.9. The molecule has 1 atom stereocenters. The molecular weight excluding hydrogens is 465 g/mol. The highest BCUT2D eigenvalue weighted by molar-refractivity contribution is 5.84. The molecule has 0 aliphatic rings. The van der Waals surface area contributed by atoms with Gasteiger partial charge in [0.15, 0.2) is 6.10 Å². The Morgan fingerprint density at radius 3 is 2.43 bits per heavy atom. The molecule has 0 radical (unpaired) electrons. The molecule has 6 nitrogen and oxygen atoms in total. The van der Waals surface area contributed by atoms with Gasteiger partial charge < -0.3 is 18.6 Å². The molecule has 1 aromatic heterocycles. The third-order valence-electron chi connectivity index (χ3n) is 5.11. The molecule has 35 heavy (non-hydrogen) atoms. The molecule has 1 unspecified atom stereocenters. The zero-order valence-corrected chi connectivity index (χ0v) is 18.8. The normalized spacial score (nSPS) is 12.5. The van der Waals surface area contributed by atoms with Crippen LogP contribution < -0.4 is 14.9 Å². The van der Waals surface area contributed by atoms with Gasteiger partial charge in [0.25, 0.3) is 5.76 Å². The van der Waals surface area contributed by atoms with E-state index < -0.39 is 35.2 Å². The number of benzene rings is 3. The van der Waals surface area contributed by atoms with Gasteiger partial charge in [0.05, 0.1) is 12.0 Å². The number of ether oxygens (including phenoxy) is 3. The number of carbonyl (C=O) groups is 1. The minimum atomic E-state index is -5.01. The van der Waals surface area contributed by atoms with Crippen LogP contribution in [0.15, 0.2) is 69.9 Å². The van der Waals surface area contributed by atoms with Gasteiger partial charge in [-0.15, -0.1) is 0 Å². The van der Waals surface area contributed by atoms with Crippen LogP contribution >= 0.6 is 0 Å². The van der Waals surface area contributed by atoms with E-state index in [0.717, 1.165) is 16.8 Å². The Hall–Kier alpha value is -4.01. The predicted molar refractivity (Wildman–Crippen MR) is 123 cm³/mol. The summed E-state index contributed by atoms with van der Waals surface area (Å²) in [4.78, 5) is 24.9. The number of hydrogen-bond donors (Lipinski definition) is 0. The predicted octanol–water partition coefficient (Wildman–Crippen LogP) is 6.48. The fourth-order valence-corrected chi connectivity index (χ4v) is 3.43. The van der Waals surface area contributed by atoms with Gasteiger partial charge in [-0.3, -0.25) is 4.79 Å². The van der Waals surface area contributed by atoms with Gasteiger partial charge in [0.1, 0.15) is 17.1 Å². The van der Waals surface area contributed by atoms with Crippen molar-refractivity contribution in [3.05, 3.63) is 76.6 Å². The van der Waals surface area contributed by atoms with Crippen molar-refractivity contribution in [1.82, 2.24) is 0 Å². The first kappa shape index (κ1) is 24.1. The van der Waals surface area contributed by atoms with Crippen LogP contribution in [0.2, 0.25) is 0 Å². The SMILES string of the molecule is CCCOC(=O)C(C)Oc1ccc2c(=O)c(Oc3ccc4ccccc4c3)c(C(F)(F)F)oc2c1. The lowest BCUT2D eigenvalue weighted by molar-refractivity contribution is -0.154. The van der Waals surface area contributed by atoms with Crippen LogP contribution in [-0.4, -0.2) is 18.7 Å². The number of hydrogen-bond acceptors (Lipinski definition) is 6. The van der Waals surface area contributed by atoms with Gasteiger partial charge in [0, 0.05) is 6.07 Å². The van der Waals surface area contributed by atoms with Crippen LogP contribution in [0.3, 0.4) is 0 Å². The highest BCUT2D eigenvalue weighted by atomic mass is 19.4. The van der Waals surface area contributed by atoms with E-state index in [4.69, 9.17) is 18.6 Å². The van der Waals surface area contributed by atoms with E-state index >= 15 is 0 Å². The van der Waals surface area contributed by atoms with Crippen molar-refractivity contribution in [3.8, 4) is 17.2 Å². The van der Waals surface area contributed by atoms with Gasteiger partial charge >= 0.3 is 12.1 Å². The molecule has 0 aliphatic heterocycles. The Labute approximate surface area is 197 Å². The molecule has 0 saturated heterocycles. The lowest BCUT2D eigenvalue weighted by atomic mass is 10.1. The highest BCUT2D eigenvalue weighted by Gasteiger charge is 2.40. The van der Waals surface area contributed by atoms with E-state index in [1.54, 1.807) is 18.2 Å². The van der Waals surface area contributed by atoms with Crippen molar-refractivity contribution in [2.45, 2.75) is 32.5 Å². The number of halogens is 3. The lowest BCUT2D eigenvalue weighted by Crippen LogP contribution is -2.26. The monoisotopic (exact) mass is 486 g/mol. The molecule has 0 aliphatic carbocycles. The van der Waals surface area contributed by atoms with E-state index in [-0.39, 0.29) is 29.1 Å². The van der Waals surface area contributed by atoms with Gasteiger partial charge in [0.2, 0.25) is 11.2 Å². The number of esters is 1. The number of fused-ring (bicyclic) bond motifs is 2. The molecule has 0 amide bonds. The Morgan fingerprint density at radius 1 is 1.00 bits per heavy atom. The van der Waals surface area contributed by atoms with Gasteiger partial charge in [-0.2, -0.15) is 13.2 Å². The van der Waals surface area contributed by atoms with Crippen LogP contribution in [0.5, 0.6) is 17.2 Å². The van der Waals surface area contributed by atoms with Crippen molar-refractivity contribution in [2.75, 3.05) is 6.61 Å². The summed E-state index contributed by atoms with van der Waals surface area (Å²) in [5, 5.41) is 1.46. The second-order valence-corrected chi connectivity index (χ2v) is 7.78. The maximum absolute atomic E-state index is 13.8. The van der Waals surface area contributed by atoms with Gasteiger partial charge in [-0.1, -0.05) is 37.3 Å². The molecule has 182 valence electrons. The molecule has 3 aromatic carbocycles. The molecule has 1 heterocycles. The van der Waals surface area contributed by atoms with Crippen LogP contribution in [-0.2, 0) is 15.7 Å². The van der Waals surface area contributed by atoms with Crippen molar-refractivity contribution in [3.63, 3.8) is 0 Å². The maximum atomic E-state index is 13.8. The first-order valence-electron chi connectivity index (χ1n) is 10.9. The minimum Gasteiger partial charge on any atom is -0.479 e. The van der Waals surface area contributed by atoms with E-state index in [1.165, 1.54) is 31.2 Å². The number of alkyl halides is 3. The fourth-order valence-electron chi connectivity index (χ4n) is 3.43. The topological polar surface area (TPSA) is 75.0 Å². The van der Waals surface area contributed by atoms with Gasteiger partial charge in [-0.25, -0.2) is 4.79 Å². The van der Waals surface area contributed by atoms with Crippen LogP contribution in [0.1, 0.15) is 26.0 Å². The van der Waals surface area contributed by atoms with Crippen molar-refractivity contribution < 1.29 is 36.6 Å². The second kappa shape index (κ2) is 9.69. The zero-order valence-electron chi connectivity index (χ0n) is 18.8. The largest absolute Gasteiger partial charge is 0.479 e. The summed E-state index contributed by atoms with van der Waals surface area (Å²) in [6.45, 7) is 3.49. The second-order valence-electron chi connectivity index (χ2n) is 7.78. The maximum Gasteiger partial charge on any atom is 0.453 e. The molecule has 4 rings (SSSR count). The first-order chi connectivity index (χ1) is 16.7. The highest BCUT2D eigenvalue weighted by Crippen LogP contribution is 2.39. The standard InChI is InChI=1S/C26H21F3O6/c1-3-12-32-25(31)15(2)33-19-10-11-20-21(14-19)35-24(26(27,28)29)23(22(20)30)34-18-9-8-16-6-4-5-7-17(16)13-18/h4-11,13-15H,3,12H2,1-2H3. The van der Waals surface area contributed by atoms with Gasteiger partial charge in [-0.05, 0) is 48.4 Å². The quantitative estimate of drug-likeness (QED) is 0.279. The Balaban J connectivity index is 1.72. The molecule has 9 heteroatoms. The third kappa shape index (κ3) is 5.24. The zero-order chi connectivity index (χ0) is 25.2. The number of carbonyl (C=O) groups excluding carboxylic acids is 1. The molecule has 4 aromatic rings. The molecule has 0 fully saturated rings. The van der Waals surface area contributed by atoms with E-state index in [0.29, 0.717) is 6.42 Å². The Kier molecular flexibility index (Phi) is 6.68. The number of rotatable bonds is 7. The van der Waals surface area contributed by atoms with Crippen LogP contribution in [0.25, 0.3) is 21.7 Å². The summed E-state index contributed by atoms with van der Waals surface area (Å²) in [5.41, 5.74) is -1.35. The summed E-state index contributed by atoms with van der Waals surface area (Å²) in [5.74, 6) is -3.07. The Morgan fingerprint density at radius 2 is 1.71 bits per heavy atom. The molecule has 0 saturated carbocycles. The summed E-state index contributed by atoms with van der Waals surface area (Å²) in [6.07, 6.45) is -5.39. The Bertz CT molecular complexity index is 1440. The summed E-state index contributed by atoms with van der Waals surface area (Å²) >= 11 is 0. The fraction of sp³-hybridized carbons (Fsp3) is 0.231. The van der Waals surface area contributed by atoms with E-state index in [2.05, 4.69) is 0 Å². The summed E-state index contributed by atoms with van der Waals surface area (Å²) < 4.78 is 62.5. The van der Waals surface area contributed by atoms with Crippen molar-refractivity contribution in [1.29, 1.82) is 0 Å². The van der Waals surface area contributed by atoms with Crippen molar-refractivity contribution in [2.24, 2.45) is 0 Å². The van der Waals surface area contributed by atoms with E-state index in [1.807, 2.05) is 19.1 Å². The molecule has 0 spiro atoms. The summed E-state index contributed by atoms with van der Waals surface area (Å²) in [6, 6.07) is 15.6. The lowest BCUT2D eigenvalue weighted by Gasteiger charge is -2.15. The summed E-state index contributed by atoms with van der Waals surface area (Å²) in [7, 11) is 0. The average Bonchev–Trinajstić information content (AvgIpc) is 2.83. The smallest absolute Gasteiger partial charge is 0.453 e. The van der Waals surface area contributed by atoms with E-state index in [9.17, 15) is 22.8 Å². The minimum absolute atomic E-state index is 0.0397.